The summed E-state index contributed by atoms with van der Waals surface area (Å²) in [5.41, 5.74) is 0. The molecule has 6 nitrogen and oxygen atoms in total. The third-order valence-corrected chi connectivity index (χ3v) is 11.9. The molecule has 0 N–H and O–H groups in total. The Morgan fingerprint density at radius 3 is 0.952 bits per heavy atom. The second kappa shape index (κ2) is 51.3. The molecular formula is C56H102O6. The first-order chi connectivity index (χ1) is 30.5. The number of hydrogen-bond donors (Lipinski definition) is 0. The highest BCUT2D eigenvalue weighted by Gasteiger charge is 2.19. The van der Waals surface area contributed by atoms with Gasteiger partial charge in [0.05, 0.1) is 0 Å². The first kappa shape index (κ1) is 59.6. The van der Waals surface area contributed by atoms with E-state index in [2.05, 4.69) is 57.2 Å². The SMILES string of the molecule is CCCCC/C=C\CCCCCCCC(=O)OCC(COC(=O)CCCCC/C=C\C=C/CCCCCCCCC)OC(=O)CCCCCCCCCCCCCCCCCC. The molecule has 0 aromatic carbocycles. The first-order valence-corrected chi connectivity index (χ1v) is 27.0. The molecule has 1 unspecified atom stereocenters. The smallest absolute Gasteiger partial charge is 0.306 e. The Morgan fingerprint density at radius 2 is 0.581 bits per heavy atom. The number of carbonyl (C=O) groups excluding carboxylic acids is 3. The van der Waals surface area contributed by atoms with Gasteiger partial charge in [-0.15, -0.1) is 0 Å². The van der Waals surface area contributed by atoms with Crippen LogP contribution in [0.1, 0.15) is 284 Å². The normalized spacial score (nSPS) is 12.2. The zero-order chi connectivity index (χ0) is 45.1. The molecule has 0 aromatic heterocycles. The van der Waals surface area contributed by atoms with Crippen molar-refractivity contribution < 1.29 is 28.6 Å². The van der Waals surface area contributed by atoms with Crippen molar-refractivity contribution in [2.45, 2.75) is 290 Å². The van der Waals surface area contributed by atoms with Crippen LogP contribution in [0.5, 0.6) is 0 Å². The minimum atomic E-state index is -0.782. The quantitative estimate of drug-likeness (QED) is 0.0199. The van der Waals surface area contributed by atoms with Gasteiger partial charge in [-0.3, -0.25) is 14.4 Å². The fourth-order valence-corrected chi connectivity index (χ4v) is 7.78. The second-order valence-corrected chi connectivity index (χ2v) is 18.2. The molecule has 1 atom stereocenters. The van der Waals surface area contributed by atoms with Crippen molar-refractivity contribution in [1.29, 1.82) is 0 Å². The van der Waals surface area contributed by atoms with Gasteiger partial charge in [0.2, 0.25) is 0 Å². The monoisotopic (exact) mass is 871 g/mol. The van der Waals surface area contributed by atoms with Crippen molar-refractivity contribution in [1.82, 2.24) is 0 Å². The van der Waals surface area contributed by atoms with E-state index in [1.807, 2.05) is 0 Å². The van der Waals surface area contributed by atoms with Crippen LogP contribution in [0.15, 0.2) is 36.5 Å². The fourth-order valence-electron chi connectivity index (χ4n) is 7.78. The molecule has 6 heteroatoms. The van der Waals surface area contributed by atoms with E-state index in [1.54, 1.807) is 0 Å². The van der Waals surface area contributed by atoms with E-state index in [0.717, 1.165) is 77.0 Å². The van der Waals surface area contributed by atoms with Gasteiger partial charge in [0.1, 0.15) is 13.2 Å². The standard InChI is InChI=1S/C56H102O6/c1-4-7-10-13-16-19-22-25-27-29-31-34-37-40-43-46-49-55(58)61-52-53(51-60-54(57)48-45-42-39-36-33-24-21-18-15-12-9-6-3)62-56(59)50-47-44-41-38-35-32-30-28-26-23-20-17-14-11-8-5-2/h18,21,27,29,31,34,53H,4-17,19-20,22-26,28,30,32-33,35-52H2,1-3H3/b21-18-,29-27-,34-31-. The van der Waals surface area contributed by atoms with Crippen molar-refractivity contribution in [3.63, 3.8) is 0 Å². The summed E-state index contributed by atoms with van der Waals surface area (Å²) in [5, 5.41) is 0. The Bertz CT molecular complexity index is 1050. The van der Waals surface area contributed by atoms with E-state index in [4.69, 9.17) is 14.2 Å². The summed E-state index contributed by atoms with van der Waals surface area (Å²) < 4.78 is 16.8. The minimum Gasteiger partial charge on any atom is -0.462 e. The van der Waals surface area contributed by atoms with E-state index in [9.17, 15) is 14.4 Å². The van der Waals surface area contributed by atoms with E-state index in [1.165, 1.54) is 167 Å². The molecule has 0 bridgehead atoms. The van der Waals surface area contributed by atoms with E-state index >= 15 is 0 Å². The lowest BCUT2D eigenvalue weighted by Gasteiger charge is -2.18. The molecule has 0 aliphatic heterocycles. The van der Waals surface area contributed by atoms with Gasteiger partial charge < -0.3 is 14.2 Å². The summed E-state index contributed by atoms with van der Waals surface area (Å²) in [5.74, 6) is -0.905. The fraction of sp³-hybridized carbons (Fsp3) is 0.839. The van der Waals surface area contributed by atoms with Crippen LogP contribution in [-0.4, -0.2) is 37.2 Å². The highest BCUT2D eigenvalue weighted by atomic mass is 16.6. The number of unbranched alkanes of at least 4 members (excludes halogenated alkanes) is 33. The maximum absolute atomic E-state index is 12.8. The van der Waals surface area contributed by atoms with Gasteiger partial charge in [-0.25, -0.2) is 0 Å². The number of rotatable bonds is 49. The van der Waals surface area contributed by atoms with Gasteiger partial charge in [-0.1, -0.05) is 231 Å². The first-order valence-electron chi connectivity index (χ1n) is 27.0. The number of allylic oxidation sites excluding steroid dienone is 6. The summed E-state index contributed by atoms with van der Waals surface area (Å²) in [7, 11) is 0. The van der Waals surface area contributed by atoms with Crippen LogP contribution in [-0.2, 0) is 28.6 Å². The largest absolute Gasteiger partial charge is 0.462 e. The summed E-state index contributed by atoms with van der Waals surface area (Å²) in [6.45, 7) is 6.61. The highest BCUT2D eigenvalue weighted by Crippen LogP contribution is 2.16. The molecule has 0 aromatic rings. The molecule has 0 amide bonds. The highest BCUT2D eigenvalue weighted by molar-refractivity contribution is 5.71. The predicted octanol–water partition coefficient (Wildman–Crippen LogP) is 17.7. The molecule has 0 spiro atoms. The zero-order valence-corrected chi connectivity index (χ0v) is 41.4. The Labute approximate surface area is 385 Å². The third-order valence-electron chi connectivity index (χ3n) is 11.9. The maximum atomic E-state index is 12.8. The van der Waals surface area contributed by atoms with E-state index in [0.29, 0.717) is 19.3 Å². The van der Waals surface area contributed by atoms with Gasteiger partial charge in [0, 0.05) is 19.3 Å². The lowest BCUT2D eigenvalue weighted by Crippen LogP contribution is -2.30. The van der Waals surface area contributed by atoms with Gasteiger partial charge in [0.15, 0.2) is 6.10 Å². The average Bonchev–Trinajstić information content (AvgIpc) is 3.27. The minimum absolute atomic E-state index is 0.0821. The van der Waals surface area contributed by atoms with Crippen molar-refractivity contribution in [3.8, 4) is 0 Å². The molecule has 62 heavy (non-hydrogen) atoms. The number of carbonyl (C=O) groups is 3. The van der Waals surface area contributed by atoms with Crippen molar-refractivity contribution in [2.24, 2.45) is 0 Å². The Morgan fingerprint density at radius 1 is 0.323 bits per heavy atom. The van der Waals surface area contributed by atoms with Crippen LogP contribution in [0.3, 0.4) is 0 Å². The predicted molar refractivity (Wildman–Crippen MR) is 266 cm³/mol. The van der Waals surface area contributed by atoms with Crippen LogP contribution < -0.4 is 0 Å². The number of hydrogen-bond acceptors (Lipinski definition) is 6. The lowest BCUT2D eigenvalue weighted by molar-refractivity contribution is -0.167. The summed E-state index contributed by atoms with van der Waals surface area (Å²) >= 11 is 0. The van der Waals surface area contributed by atoms with Gasteiger partial charge in [-0.05, 0) is 70.6 Å². The van der Waals surface area contributed by atoms with Crippen molar-refractivity contribution in [2.75, 3.05) is 13.2 Å². The molecule has 362 valence electrons. The van der Waals surface area contributed by atoms with Crippen LogP contribution >= 0.6 is 0 Å². The average molecular weight is 871 g/mol. The van der Waals surface area contributed by atoms with Gasteiger partial charge in [0.25, 0.3) is 0 Å². The number of esters is 3. The molecule has 0 heterocycles. The molecule has 0 aliphatic carbocycles. The molecule has 0 rings (SSSR count). The molecule has 0 radical (unpaired) electrons. The lowest BCUT2D eigenvalue weighted by atomic mass is 10.0. The van der Waals surface area contributed by atoms with Gasteiger partial charge in [-0.2, -0.15) is 0 Å². The van der Waals surface area contributed by atoms with Crippen molar-refractivity contribution in [3.05, 3.63) is 36.5 Å². The summed E-state index contributed by atoms with van der Waals surface area (Å²) in [6, 6.07) is 0. The number of ether oxygens (including phenoxy) is 3. The van der Waals surface area contributed by atoms with Crippen LogP contribution in [0.4, 0.5) is 0 Å². The third kappa shape index (κ3) is 48.7. The molecule has 0 aliphatic rings. The molecular weight excluding hydrogens is 769 g/mol. The topological polar surface area (TPSA) is 78.9 Å². The zero-order valence-electron chi connectivity index (χ0n) is 41.4. The second-order valence-electron chi connectivity index (χ2n) is 18.2. The maximum Gasteiger partial charge on any atom is 0.306 e. The van der Waals surface area contributed by atoms with Gasteiger partial charge >= 0.3 is 17.9 Å². The Balaban J connectivity index is 4.38. The van der Waals surface area contributed by atoms with E-state index in [-0.39, 0.29) is 31.1 Å². The van der Waals surface area contributed by atoms with E-state index < -0.39 is 6.10 Å². The van der Waals surface area contributed by atoms with Crippen LogP contribution in [0.2, 0.25) is 0 Å². The molecule has 0 fully saturated rings. The van der Waals surface area contributed by atoms with Crippen molar-refractivity contribution >= 4 is 17.9 Å². The molecule has 0 saturated carbocycles. The van der Waals surface area contributed by atoms with Crippen LogP contribution in [0, 0.1) is 0 Å². The molecule has 0 saturated heterocycles. The Hall–Kier alpha value is -2.37. The van der Waals surface area contributed by atoms with Crippen LogP contribution in [0.25, 0.3) is 0 Å². The summed E-state index contributed by atoms with van der Waals surface area (Å²) in [6.07, 6.45) is 59.9. The Kier molecular flexibility index (Phi) is 49.3. The summed E-state index contributed by atoms with van der Waals surface area (Å²) in [4.78, 5) is 38.0.